The lowest BCUT2D eigenvalue weighted by atomic mass is 9.96. The van der Waals surface area contributed by atoms with Crippen LogP contribution >= 0.6 is 8.60 Å². The van der Waals surface area contributed by atoms with Gasteiger partial charge in [0.1, 0.15) is 16.9 Å². The standard InChI is InChI=1S/C27H36N5O5P/c1-5-34-38(35-6-2)36-18-19-8-12-31(13-9-19)23-15-24-20(16-27(3,4)37-24)14-22(23)30-26(33)21-17-29-32-11-7-10-28-25(21)32/h7,10-11,14-15,17,19H,5-6,8-9,12-13,16,18H2,1-4H3,(H,30,33). The molecule has 1 fully saturated rings. The maximum absolute atomic E-state index is 13.4. The van der Waals surface area contributed by atoms with Crippen molar-refractivity contribution in [1.29, 1.82) is 0 Å². The molecule has 3 aromatic rings. The van der Waals surface area contributed by atoms with Crippen LogP contribution in [0.3, 0.4) is 0 Å². The highest BCUT2D eigenvalue weighted by atomic mass is 31.2. The first-order chi connectivity index (χ1) is 18.4. The molecule has 1 saturated heterocycles. The van der Waals surface area contributed by atoms with Crippen LogP contribution in [0.2, 0.25) is 0 Å². The summed E-state index contributed by atoms with van der Waals surface area (Å²) in [7, 11) is -1.29. The Bertz CT molecular complexity index is 1270. The van der Waals surface area contributed by atoms with Gasteiger partial charge in [-0.25, -0.2) is 9.50 Å². The molecule has 10 nitrogen and oxygen atoms in total. The van der Waals surface area contributed by atoms with Crippen LogP contribution < -0.4 is 15.0 Å². The maximum atomic E-state index is 13.4. The number of amides is 1. The Morgan fingerprint density at radius 3 is 2.68 bits per heavy atom. The number of carbonyl (C=O) groups excluding carboxylic acids is 1. The van der Waals surface area contributed by atoms with Crippen molar-refractivity contribution in [3.63, 3.8) is 0 Å². The molecule has 2 aliphatic heterocycles. The van der Waals surface area contributed by atoms with Crippen LogP contribution in [0, 0.1) is 5.92 Å². The Labute approximate surface area is 224 Å². The van der Waals surface area contributed by atoms with E-state index in [9.17, 15) is 4.79 Å². The Morgan fingerprint density at radius 1 is 1.18 bits per heavy atom. The molecule has 1 amide bonds. The van der Waals surface area contributed by atoms with E-state index in [4.69, 9.17) is 18.3 Å². The number of hydrogen-bond acceptors (Lipinski definition) is 8. The van der Waals surface area contributed by atoms with Crippen molar-refractivity contribution in [2.24, 2.45) is 5.92 Å². The average molecular weight is 542 g/mol. The minimum Gasteiger partial charge on any atom is -0.487 e. The molecular formula is C27H36N5O5P. The van der Waals surface area contributed by atoms with Gasteiger partial charge in [0.05, 0.1) is 37.4 Å². The maximum Gasteiger partial charge on any atom is 0.332 e. The third kappa shape index (κ3) is 5.94. The molecule has 2 aromatic heterocycles. The second-order valence-electron chi connectivity index (χ2n) is 10.2. The summed E-state index contributed by atoms with van der Waals surface area (Å²) >= 11 is 0. The summed E-state index contributed by atoms with van der Waals surface area (Å²) in [5, 5.41) is 7.42. The fourth-order valence-electron chi connectivity index (χ4n) is 5.01. The summed E-state index contributed by atoms with van der Waals surface area (Å²) in [5.41, 5.74) is 3.51. The lowest BCUT2D eigenvalue weighted by Gasteiger charge is -2.35. The Balaban J connectivity index is 1.32. The molecule has 0 spiro atoms. The quantitative estimate of drug-likeness (QED) is 0.349. The zero-order chi connectivity index (χ0) is 26.7. The number of nitrogens with zero attached hydrogens (tertiary/aromatic N) is 4. The summed E-state index contributed by atoms with van der Waals surface area (Å²) < 4.78 is 24.9. The highest BCUT2D eigenvalue weighted by molar-refractivity contribution is 7.41. The normalized spacial score (nSPS) is 17.1. The van der Waals surface area contributed by atoms with Crippen LogP contribution in [0.5, 0.6) is 5.75 Å². The molecule has 0 saturated carbocycles. The summed E-state index contributed by atoms with van der Waals surface area (Å²) in [6, 6.07) is 5.92. The summed E-state index contributed by atoms with van der Waals surface area (Å²) in [6.07, 6.45) is 7.72. The van der Waals surface area contributed by atoms with Crippen LogP contribution in [-0.2, 0) is 20.0 Å². The molecular weight excluding hydrogens is 505 g/mol. The number of nitrogens with one attached hydrogen (secondary N) is 1. The molecule has 0 bridgehead atoms. The van der Waals surface area contributed by atoms with Crippen LogP contribution in [0.4, 0.5) is 11.4 Å². The molecule has 1 aromatic carbocycles. The van der Waals surface area contributed by atoms with Gasteiger partial charge in [-0.15, -0.1) is 0 Å². The van der Waals surface area contributed by atoms with Gasteiger partial charge in [-0.2, -0.15) is 5.10 Å². The van der Waals surface area contributed by atoms with E-state index in [1.165, 1.54) is 0 Å². The van der Waals surface area contributed by atoms with E-state index in [1.807, 2.05) is 13.8 Å². The molecule has 0 unspecified atom stereocenters. The zero-order valence-electron chi connectivity index (χ0n) is 22.5. The van der Waals surface area contributed by atoms with Crippen LogP contribution in [-0.4, -0.2) is 59.0 Å². The van der Waals surface area contributed by atoms with E-state index in [-0.39, 0.29) is 11.5 Å². The molecule has 0 aliphatic carbocycles. The fraction of sp³-hybridized carbons (Fsp3) is 0.519. The zero-order valence-corrected chi connectivity index (χ0v) is 23.4. The Morgan fingerprint density at radius 2 is 1.95 bits per heavy atom. The number of fused-ring (bicyclic) bond motifs is 2. The average Bonchev–Trinajstić information content (AvgIpc) is 3.46. The van der Waals surface area contributed by atoms with Crippen molar-refractivity contribution in [3.05, 3.63) is 47.9 Å². The van der Waals surface area contributed by atoms with Crippen LogP contribution in [0.1, 0.15) is 56.5 Å². The predicted octanol–water partition coefficient (Wildman–Crippen LogP) is 5.23. The number of aromatic nitrogens is 3. The first-order valence-electron chi connectivity index (χ1n) is 13.3. The monoisotopic (exact) mass is 541 g/mol. The third-order valence-corrected chi connectivity index (χ3v) is 8.09. The van der Waals surface area contributed by atoms with Gasteiger partial charge in [0.15, 0.2) is 5.65 Å². The Hall–Kier alpha value is -2.78. The van der Waals surface area contributed by atoms with Crippen molar-refractivity contribution in [1.82, 2.24) is 14.6 Å². The number of carbonyl (C=O) groups is 1. The van der Waals surface area contributed by atoms with Crippen LogP contribution in [0.25, 0.3) is 5.65 Å². The number of hydrogen-bond donors (Lipinski definition) is 1. The van der Waals surface area contributed by atoms with E-state index in [1.54, 1.807) is 29.2 Å². The van der Waals surface area contributed by atoms with E-state index >= 15 is 0 Å². The van der Waals surface area contributed by atoms with Crippen molar-refractivity contribution in [2.75, 3.05) is 43.1 Å². The minimum absolute atomic E-state index is 0.235. The third-order valence-electron chi connectivity index (χ3n) is 6.79. The van der Waals surface area contributed by atoms with E-state index in [0.717, 1.165) is 55.0 Å². The highest BCUT2D eigenvalue weighted by Gasteiger charge is 2.33. The van der Waals surface area contributed by atoms with Crippen molar-refractivity contribution >= 4 is 31.5 Å². The number of anilines is 2. The van der Waals surface area contributed by atoms with E-state index in [0.29, 0.717) is 36.9 Å². The smallest absolute Gasteiger partial charge is 0.332 e. The largest absolute Gasteiger partial charge is 0.487 e. The topological polar surface area (TPSA) is 99.5 Å². The highest BCUT2D eigenvalue weighted by Crippen LogP contribution is 2.43. The van der Waals surface area contributed by atoms with Gasteiger partial charge in [-0.05, 0) is 58.6 Å². The number of rotatable bonds is 10. The molecule has 11 heteroatoms. The predicted molar refractivity (Wildman–Crippen MR) is 147 cm³/mol. The van der Waals surface area contributed by atoms with Gasteiger partial charge >= 0.3 is 8.60 Å². The van der Waals surface area contributed by atoms with Gasteiger partial charge in [-0.1, -0.05) is 0 Å². The van der Waals surface area contributed by atoms with E-state index < -0.39 is 8.60 Å². The first kappa shape index (κ1) is 26.8. The minimum atomic E-state index is -1.29. The van der Waals surface area contributed by atoms with Gasteiger partial charge in [0.2, 0.25) is 0 Å². The van der Waals surface area contributed by atoms with Gasteiger partial charge in [-0.3, -0.25) is 4.79 Å². The van der Waals surface area contributed by atoms with Gasteiger partial charge < -0.3 is 28.5 Å². The SMILES string of the molecule is CCOP(OCC)OCC1CCN(c2cc3c(cc2NC(=O)c2cnn4cccnc24)CC(C)(C)O3)CC1. The fourth-order valence-corrected chi connectivity index (χ4v) is 5.99. The van der Waals surface area contributed by atoms with Gasteiger partial charge in [0, 0.05) is 43.5 Å². The molecule has 204 valence electrons. The number of ether oxygens (including phenoxy) is 1. The summed E-state index contributed by atoms with van der Waals surface area (Å²) in [5.74, 6) is 1.07. The molecule has 38 heavy (non-hydrogen) atoms. The second-order valence-corrected chi connectivity index (χ2v) is 11.4. The lowest BCUT2D eigenvalue weighted by molar-refractivity contribution is 0.102. The number of benzene rings is 1. The van der Waals surface area contributed by atoms with Crippen molar-refractivity contribution in [3.8, 4) is 5.75 Å². The Kier molecular flexibility index (Phi) is 8.14. The first-order valence-corrected chi connectivity index (χ1v) is 14.4. The van der Waals surface area contributed by atoms with E-state index in [2.05, 4.69) is 46.3 Å². The number of piperidine rings is 1. The molecule has 2 aliphatic rings. The lowest BCUT2D eigenvalue weighted by Crippen LogP contribution is -2.35. The summed E-state index contributed by atoms with van der Waals surface area (Å²) in [4.78, 5) is 20.0. The second kappa shape index (κ2) is 11.5. The van der Waals surface area contributed by atoms with Crippen molar-refractivity contribution in [2.45, 2.75) is 52.6 Å². The molecule has 5 rings (SSSR count). The van der Waals surface area contributed by atoms with Crippen LogP contribution in [0.15, 0.2) is 36.8 Å². The van der Waals surface area contributed by atoms with Crippen molar-refractivity contribution < 1.29 is 23.1 Å². The molecule has 1 N–H and O–H groups in total. The van der Waals surface area contributed by atoms with Gasteiger partial charge in [0.25, 0.3) is 5.91 Å². The summed E-state index contributed by atoms with van der Waals surface area (Å²) in [6.45, 7) is 11.5. The molecule has 4 heterocycles. The molecule has 0 radical (unpaired) electrons. The molecule has 0 atom stereocenters.